The van der Waals surface area contributed by atoms with E-state index in [1.54, 1.807) is 0 Å². The van der Waals surface area contributed by atoms with Crippen LogP contribution in [0, 0.1) is 0 Å². The Morgan fingerprint density at radius 3 is 2.80 bits per heavy atom. The van der Waals surface area contributed by atoms with Crippen LogP contribution in [0.4, 0.5) is 18.9 Å². The molecule has 20 heavy (non-hydrogen) atoms. The van der Waals surface area contributed by atoms with E-state index in [0.29, 0.717) is 11.4 Å². The molecule has 3 N–H and O–H groups in total. The molecule has 0 radical (unpaired) electrons. The van der Waals surface area contributed by atoms with Gasteiger partial charge in [0, 0.05) is 5.56 Å². The molecule has 0 saturated heterocycles. The third-order valence-electron chi connectivity index (χ3n) is 3.07. The van der Waals surface area contributed by atoms with Crippen molar-refractivity contribution in [1.29, 1.82) is 0 Å². The van der Waals surface area contributed by atoms with Gasteiger partial charge < -0.3 is 11.1 Å². The van der Waals surface area contributed by atoms with Crippen molar-refractivity contribution in [2.75, 3.05) is 5.32 Å². The van der Waals surface area contributed by atoms with Gasteiger partial charge in [-0.25, -0.2) is 4.98 Å². The number of nitrogens with one attached hydrogen (secondary N) is 1. The van der Waals surface area contributed by atoms with Gasteiger partial charge in [-0.05, 0) is 18.2 Å². The average Bonchev–Trinajstić information content (AvgIpc) is 2.81. The number of aromatic nitrogens is 2. The summed E-state index contributed by atoms with van der Waals surface area (Å²) >= 11 is 0. The fraction of sp³-hybridized carbons (Fsp3) is 0.167. The Balaban J connectivity index is 2.25. The van der Waals surface area contributed by atoms with Crippen molar-refractivity contribution >= 4 is 11.6 Å². The van der Waals surface area contributed by atoms with Gasteiger partial charge >= 0.3 is 6.18 Å². The van der Waals surface area contributed by atoms with E-state index in [0.717, 1.165) is 10.8 Å². The number of alkyl halides is 3. The number of hydrogen-bond donors (Lipinski definition) is 2. The summed E-state index contributed by atoms with van der Waals surface area (Å²) in [6.07, 6.45) is -3.41. The zero-order valence-corrected chi connectivity index (χ0v) is 10.0. The van der Waals surface area contributed by atoms with E-state index in [-0.39, 0.29) is 17.8 Å². The lowest BCUT2D eigenvalue weighted by atomic mass is 10.1. The predicted molar refractivity (Wildman–Crippen MR) is 64.4 cm³/mol. The fourth-order valence-electron chi connectivity index (χ4n) is 2.19. The van der Waals surface area contributed by atoms with Crippen molar-refractivity contribution in [3.63, 3.8) is 0 Å². The van der Waals surface area contributed by atoms with Crippen LogP contribution in [-0.4, -0.2) is 15.5 Å². The second kappa shape index (κ2) is 3.99. The summed E-state index contributed by atoms with van der Waals surface area (Å²) in [6, 6.07) is 4.31. The molecule has 2 heterocycles. The number of fused-ring (bicyclic) bond motifs is 3. The molecule has 1 amide bonds. The first-order chi connectivity index (χ1) is 9.38. The summed E-state index contributed by atoms with van der Waals surface area (Å²) < 4.78 is 39.9. The normalized spacial score (nSPS) is 13.3. The number of halogens is 3. The molecular formula is C12H9F3N4O. The van der Waals surface area contributed by atoms with E-state index in [4.69, 9.17) is 5.73 Å². The lowest BCUT2D eigenvalue weighted by Gasteiger charge is -2.23. The van der Waals surface area contributed by atoms with Crippen molar-refractivity contribution in [2.24, 2.45) is 5.73 Å². The van der Waals surface area contributed by atoms with Crippen molar-refractivity contribution in [3.05, 3.63) is 41.5 Å². The van der Waals surface area contributed by atoms with Crippen LogP contribution in [0.25, 0.3) is 5.69 Å². The minimum Gasteiger partial charge on any atom is -0.378 e. The topological polar surface area (TPSA) is 72.9 Å². The lowest BCUT2D eigenvalue weighted by Crippen LogP contribution is -2.22. The first kappa shape index (κ1) is 12.5. The fourth-order valence-corrected chi connectivity index (χ4v) is 2.19. The minimum absolute atomic E-state index is 0.139. The summed E-state index contributed by atoms with van der Waals surface area (Å²) in [6.45, 7) is 0.228. The molecule has 1 aliphatic heterocycles. The smallest absolute Gasteiger partial charge is 0.378 e. The molecule has 1 aliphatic rings. The van der Waals surface area contributed by atoms with E-state index in [9.17, 15) is 18.0 Å². The predicted octanol–water partition coefficient (Wildman–Crippen LogP) is 1.92. The Hall–Kier alpha value is -2.51. The molecule has 5 nitrogen and oxygen atoms in total. The van der Waals surface area contributed by atoms with E-state index in [1.165, 1.54) is 18.2 Å². The SMILES string of the molecule is NC(=O)c1ccc2c(c1)-n1c(cnc1C(F)(F)F)CN2. The number of primary amides is 1. The number of carbonyl (C=O) groups excluding carboxylic acids is 1. The van der Waals surface area contributed by atoms with Crippen LogP contribution >= 0.6 is 0 Å². The average molecular weight is 282 g/mol. The van der Waals surface area contributed by atoms with Gasteiger partial charge in [-0.15, -0.1) is 0 Å². The van der Waals surface area contributed by atoms with Crippen LogP contribution in [-0.2, 0) is 12.7 Å². The van der Waals surface area contributed by atoms with Crippen LogP contribution in [0.2, 0.25) is 0 Å². The molecule has 1 aromatic heterocycles. The summed E-state index contributed by atoms with van der Waals surface area (Å²) in [7, 11) is 0. The largest absolute Gasteiger partial charge is 0.450 e. The number of rotatable bonds is 1. The van der Waals surface area contributed by atoms with Gasteiger partial charge in [0.2, 0.25) is 11.7 Å². The number of hydrogen-bond acceptors (Lipinski definition) is 3. The first-order valence-electron chi connectivity index (χ1n) is 5.70. The van der Waals surface area contributed by atoms with Gasteiger partial charge in [0.1, 0.15) is 0 Å². The van der Waals surface area contributed by atoms with E-state index in [1.807, 2.05) is 0 Å². The van der Waals surface area contributed by atoms with E-state index in [2.05, 4.69) is 10.3 Å². The van der Waals surface area contributed by atoms with Crippen molar-refractivity contribution in [2.45, 2.75) is 12.7 Å². The number of amides is 1. The maximum absolute atomic E-state index is 13.0. The molecule has 1 aromatic carbocycles. The van der Waals surface area contributed by atoms with Crippen molar-refractivity contribution in [3.8, 4) is 5.69 Å². The molecule has 8 heteroatoms. The molecule has 0 bridgehead atoms. The lowest BCUT2D eigenvalue weighted by molar-refractivity contribution is -0.146. The van der Waals surface area contributed by atoms with Gasteiger partial charge in [-0.3, -0.25) is 9.36 Å². The van der Waals surface area contributed by atoms with Gasteiger partial charge in [-0.2, -0.15) is 13.2 Å². The maximum Gasteiger partial charge on any atom is 0.450 e. The third-order valence-corrected chi connectivity index (χ3v) is 3.07. The van der Waals surface area contributed by atoms with E-state index >= 15 is 0 Å². The zero-order chi connectivity index (χ0) is 14.5. The van der Waals surface area contributed by atoms with Gasteiger partial charge in [-0.1, -0.05) is 0 Å². The summed E-state index contributed by atoms with van der Waals surface area (Å²) in [5.41, 5.74) is 6.37. The Labute approximate surface area is 111 Å². The molecule has 3 rings (SSSR count). The second-order valence-corrected chi connectivity index (χ2v) is 4.36. The van der Waals surface area contributed by atoms with Crippen LogP contribution in [0.15, 0.2) is 24.4 Å². The van der Waals surface area contributed by atoms with Gasteiger partial charge in [0.05, 0.1) is 29.8 Å². The third kappa shape index (κ3) is 1.80. The first-order valence-corrected chi connectivity index (χ1v) is 5.70. The number of anilines is 1. The Morgan fingerprint density at radius 1 is 1.40 bits per heavy atom. The van der Waals surface area contributed by atoms with Crippen LogP contribution in [0.3, 0.4) is 0 Å². The quantitative estimate of drug-likeness (QED) is 0.839. The highest BCUT2D eigenvalue weighted by Gasteiger charge is 2.39. The minimum atomic E-state index is -4.57. The highest BCUT2D eigenvalue weighted by molar-refractivity contribution is 5.94. The molecule has 0 saturated carbocycles. The number of benzene rings is 1. The van der Waals surface area contributed by atoms with Crippen LogP contribution < -0.4 is 11.1 Å². The molecule has 0 unspecified atom stereocenters. The molecule has 0 atom stereocenters. The number of imidazole rings is 1. The zero-order valence-electron chi connectivity index (χ0n) is 10.0. The number of nitrogens with zero attached hydrogens (tertiary/aromatic N) is 2. The molecule has 104 valence electrons. The summed E-state index contributed by atoms with van der Waals surface area (Å²) in [4.78, 5) is 14.6. The van der Waals surface area contributed by atoms with Crippen LogP contribution in [0.5, 0.6) is 0 Å². The Kier molecular flexibility index (Phi) is 2.50. The molecule has 0 spiro atoms. The van der Waals surface area contributed by atoms with Crippen LogP contribution in [0.1, 0.15) is 21.9 Å². The maximum atomic E-state index is 13.0. The second-order valence-electron chi connectivity index (χ2n) is 4.36. The molecular weight excluding hydrogens is 273 g/mol. The van der Waals surface area contributed by atoms with Gasteiger partial charge in [0.25, 0.3) is 0 Å². The molecule has 2 aromatic rings. The van der Waals surface area contributed by atoms with E-state index < -0.39 is 17.9 Å². The Morgan fingerprint density at radius 2 is 2.15 bits per heavy atom. The molecule has 0 fully saturated rings. The van der Waals surface area contributed by atoms with Crippen molar-refractivity contribution < 1.29 is 18.0 Å². The summed E-state index contributed by atoms with van der Waals surface area (Å²) in [5.74, 6) is -1.72. The van der Waals surface area contributed by atoms with Crippen molar-refractivity contribution in [1.82, 2.24) is 9.55 Å². The molecule has 0 aliphatic carbocycles. The highest BCUT2D eigenvalue weighted by Crippen LogP contribution is 2.36. The highest BCUT2D eigenvalue weighted by atomic mass is 19.4. The standard InChI is InChI=1S/C12H9F3N4O/c13-12(14,15)11-18-5-7-4-17-8-2-1-6(10(16)20)3-9(8)19(7)11/h1-3,5,17H,4H2,(H2,16,20). The van der Waals surface area contributed by atoms with Gasteiger partial charge in [0.15, 0.2) is 0 Å². The monoisotopic (exact) mass is 282 g/mol. The summed E-state index contributed by atoms with van der Waals surface area (Å²) in [5, 5.41) is 2.97. The Bertz CT molecular complexity index is 705. The number of carbonyl (C=O) groups is 1. The number of nitrogens with two attached hydrogens (primary N) is 1.